The molecule has 6 nitrogen and oxygen atoms in total. The quantitative estimate of drug-likeness (QED) is 0.725. The fourth-order valence-electron chi connectivity index (χ4n) is 3.15. The Kier molecular flexibility index (Phi) is 7.73. The van der Waals surface area contributed by atoms with Gasteiger partial charge in [-0.15, -0.1) is 0 Å². The monoisotopic (exact) mass is 401 g/mol. The van der Waals surface area contributed by atoms with Crippen molar-refractivity contribution in [2.45, 2.75) is 26.7 Å². The van der Waals surface area contributed by atoms with Gasteiger partial charge in [0, 0.05) is 38.6 Å². The molecule has 0 atom stereocenters. The van der Waals surface area contributed by atoms with Gasteiger partial charge in [-0.1, -0.05) is 37.6 Å². The molecule has 0 radical (unpaired) electrons. The fourth-order valence-corrected chi connectivity index (χ4v) is 4.74. The van der Waals surface area contributed by atoms with Crippen LogP contribution >= 0.6 is 11.6 Å². The zero-order valence-electron chi connectivity index (χ0n) is 15.4. The fraction of sp³-hybridized carbons (Fsp3) is 0.611. The third-order valence-corrected chi connectivity index (χ3v) is 7.03. The predicted octanol–water partition coefficient (Wildman–Crippen LogP) is 2.34. The molecular formula is C18H28ClN3O3S. The van der Waals surface area contributed by atoms with Crippen LogP contribution in [0.1, 0.15) is 26.7 Å². The lowest BCUT2D eigenvalue weighted by molar-refractivity contribution is -0.125. The first kappa shape index (κ1) is 21.0. The van der Waals surface area contributed by atoms with Gasteiger partial charge < -0.3 is 10.2 Å². The summed E-state index contributed by atoms with van der Waals surface area (Å²) in [7, 11) is -3.37. The van der Waals surface area contributed by atoms with Crippen molar-refractivity contribution < 1.29 is 13.2 Å². The van der Waals surface area contributed by atoms with Crippen molar-refractivity contribution in [3.63, 3.8) is 0 Å². The Balaban J connectivity index is 1.84. The molecule has 1 N–H and O–H groups in total. The zero-order chi connectivity index (χ0) is 19.2. The van der Waals surface area contributed by atoms with Crippen LogP contribution in [0.2, 0.25) is 5.02 Å². The minimum Gasteiger partial charge on any atom is -0.368 e. The summed E-state index contributed by atoms with van der Waals surface area (Å²) in [5.41, 5.74) is 0.934. The van der Waals surface area contributed by atoms with Crippen molar-refractivity contribution in [2.24, 2.45) is 5.92 Å². The maximum Gasteiger partial charge on any atom is 0.223 e. The minimum atomic E-state index is -3.37. The van der Waals surface area contributed by atoms with E-state index in [0.717, 1.165) is 18.5 Å². The highest BCUT2D eigenvalue weighted by Crippen LogP contribution is 2.26. The number of nitrogens with zero attached hydrogens (tertiary/aromatic N) is 2. The highest BCUT2D eigenvalue weighted by atomic mass is 35.5. The highest BCUT2D eigenvalue weighted by molar-refractivity contribution is 7.89. The summed E-state index contributed by atoms with van der Waals surface area (Å²) in [4.78, 5) is 14.1. The molecule has 0 aromatic heterocycles. The SMILES string of the molecule is CCC(CC)C(=O)NCCS(=O)(=O)N1CCN(c2ccccc2Cl)CC1. The second kappa shape index (κ2) is 9.58. The Bertz CT molecular complexity index is 699. The van der Waals surface area contributed by atoms with Crippen molar-refractivity contribution in [1.82, 2.24) is 9.62 Å². The Labute approximate surface area is 161 Å². The van der Waals surface area contributed by atoms with Crippen LogP contribution in [-0.2, 0) is 14.8 Å². The van der Waals surface area contributed by atoms with Gasteiger partial charge in [0.25, 0.3) is 0 Å². The van der Waals surface area contributed by atoms with Crippen molar-refractivity contribution in [1.29, 1.82) is 0 Å². The number of halogens is 1. The molecule has 1 saturated heterocycles. The van der Waals surface area contributed by atoms with Gasteiger partial charge in [-0.3, -0.25) is 4.79 Å². The van der Waals surface area contributed by atoms with Crippen molar-refractivity contribution in [3.05, 3.63) is 29.3 Å². The van der Waals surface area contributed by atoms with Gasteiger partial charge in [-0.25, -0.2) is 8.42 Å². The van der Waals surface area contributed by atoms with Crippen LogP contribution in [0.4, 0.5) is 5.69 Å². The van der Waals surface area contributed by atoms with Gasteiger partial charge in [-0.2, -0.15) is 4.31 Å². The number of piperazine rings is 1. The van der Waals surface area contributed by atoms with Crippen LogP contribution < -0.4 is 10.2 Å². The maximum atomic E-state index is 12.5. The van der Waals surface area contributed by atoms with E-state index >= 15 is 0 Å². The van der Waals surface area contributed by atoms with Gasteiger partial charge >= 0.3 is 0 Å². The average molecular weight is 402 g/mol. The maximum absolute atomic E-state index is 12.5. The van der Waals surface area contributed by atoms with Crippen LogP contribution in [-0.4, -0.2) is 57.1 Å². The summed E-state index contributed by atoms with van der Waals surface area (Å²) in [6, 6.07) is 7.58. The molecule has 1 amide bonds. The minimum absolute atomic E-state index is 0.0446. The third kappa shape index (κ3) is 5.34. The van der Waals surface area contributed by atoms with Crippen LogP contribution in [0.3, 0.4) is 0 Å². The molecule has 146 valence electrons. The lowest BCUT2D eigenvalue weighted by atomic mass is 10.0. The first-order chi connectivity index (χ1) is 12.4. The van der Waals surface area contributed by atoms with E-state index in [2.05, 4.69) is 10.2 Å². The zero-order valence-corrected chi connectivity index (χ0v) is 17.0. The summed E-state index contributed by atoms with van der Waals surface area (Å²) in [6.45, 7) is 6.13. The number of rotatable bonds is 8. The van der Waals surface area contributed by atoms with E-state index in [1.54, 1.807) is 0 Å². The lowest BCUT2D eigenvalue weighted by Gasteiger charge is -2.35. The molecule has 8 heteroatoms. The summed E-state index contributed by atoms with van der Waals surface area (Å²) in [5.74, 6) is -0.170. The molecule has 1 aromatic carbocycles. The van der Waals surface area contributed by atoms with Crippen LogP contribution in [0, 0.1) is 5.92 Å². The second-order valence-electron chi connectivity index (χ2n) is 6.46. The smallest absolute Gasteiger partial charge is 0.223 e. The Hall–Kier alpha value is -1.31. The topological polar surface area (TPSA) is 69.7 Å². The summed E-state index contributed by atoms with van der Waals surface area (Å²) >= 11 is 6.22. The number of sulfonamides is 1. The van der Waals surface area contributed by atoms with E-state index in [1.165, 1.54) is 4.31 Å². The Morgan fingerprint density at radius 3 is 2.35 bits per heavy atom. The number of amides is 1. The second-order valence-corrected chi connectivity index (χ2v) is 8.95. The molecule has 1 aliphatic heterocycles. The van der Waals surface area contributed by atoms with Crippen LogP contribution in [0.15, 0.2) is 24.3 Å². The highest BCUT2D eigenvalue weighted by Gasteiger charge is 2.27. The Morgan fingerprint density at radius 1 is 1.15 bits per heavy atom. The third-order valence-electron chi connectivity index (χ3n) is 4.84. The molecule has 1 aromatic rings. The number of hydrogen-bond donors (Lipinski definition) is 1. The Morgan fingerprint density at radius 2 is 1.77 bits per heavy atom. The van der Waals surface area contributed by atoms with Crippen molar-refractivity contribution >= 4 is 33.2 Å². The van der Waals surface area contributed by atoms with Gasteiger partial charge in [0.15, 0.2) is 0 Å². The molecule has 0 spiro atoms. The van der Waals surface area contributed by atoms with E-state index in [9.17, 15) is 13.2 Å². The van der Waals surface area contributed by atoms with E-state index in [4.69, 9.17) is 11.6 Å². The van der Waals surface area contributed by atoms with Gasteiger partial charge in [-0.05, 0) is 25.0 Å². The van der Waals surface area contributed by atoms with E-state index in [1.807, 2.05) is 38.1 Å². The number of carbonyl (C=O) groups excluding carboxylic acids is 1. The predicted molar refractivity (Wildman–Crippen MR) is 106 cm³/mol. The molecule has 26 heavy (non-hydrogen) atoms. The number of hydrogen-bond acceptors (Lipinski definition) is 4. The van der Waals surface area contributed by atoms with Crippen LogP contribution in [0.25, 0.3) is 0 Å². The van der Waals surface area contributed by atoms with Crippen molar-refractivity contribution in [3.8, 4) is 0 Å². The number of para-hydroxylation sites is 1. The summed E-state index contributed by atoms with van der Waals surface area (Å²) in [5, 5.41) is 3.42. The van der Waals surface area contributed by atoms with Crippen molar-refractivity contribution in [2.75, 3.05) is 43.4 Å². The molecule has 2 rings (SSSR count). The molecule has 0 unspecified atom stereocenters. The number of nitrogens with one attached hydrogen (secondary N) is 1. The molecule has 1 aliphatic rings. The van der Waals surface area contributed by atoms with E-state index < -0.39 is 10.0 Å². The molecule has 0 aliphatic carbocycles. The normalized spacial score (nSPS) is 16.1. The molecular weight excluding hydrogens is 374 g/mol. The molecule has 0 bridgehead atoms. The summed E-state index contributed by atoms with van der Waals surface area (Å²) < 4.78 is 26.5. The number of benzene rings is 1. The van der Waals surface area contributed by atoms with E-state index in [0.29, 0.717) is 31.2 Å². The molecule has 0 saturated carbocycles. The van der Waals surface area contributed by atoms with Gasteiger partial charge in [0.05, 0.1) is 16.5 Å². The lowest BCUT2D eigenvalue weighted by Crippen LogP contribution is -2.50. The standard InChI is InChI=1S/C18H28ClN3O3S/c1-3-15(4-2)18(23)20-9-14-26(24,25)22-12-10-21(11-13-22)17-8-6-5-7-16(17)19/h5-8,15H,3-4,9-14H2,1-2H3,(H,20,23). The average Bonchev–Trinajstić information content (AvgIpc) is 2.63. The first-order valence-corrected chi connectivity index (χ1v) is 11.1. The largest absolute Gasteiger partial charge is 0.368 e. The molecule has 1 heterocycles. The van der Waals surface area contributed by atoms with Crippen LogP contribution in [0.5, 0.6) is 0 Å². The van der Waals surface area contributed by atoms with E-state index in [-0.39, 0.29) is 24.1 Å². The van der Waals surface area contributed by atoms with Gasteiger partial charge in [0.1, 0.15) is 0 Å². The first-order valence-electron chi connectivity index (χ1n) is 9.14. The van der Waals surface area contributed by atoms with Gasteiger partial charge in [0.2, 0.25) is 15.9 Å². The number of carbonyl (C=O) groups is 1. The summed E-state index contributed by atoms with van der Waals surface area (Å²) in [6.07, 6.45) is 1.53. The number of anilines is 1. The molecule has 1 fully saturated rings.